The van der Waals surface area contributed by atoms with Crippen LogP contribution in [0.2, 0.25) is 5.04 Å². The van der Waals surface area contributed by atoms with Crippen molar-refractivity contribution in [2.75, 3.05) is 13.1 Å². The predicted octanol–water partition coefficient (Wildman–Crippen LogP) is 0.913. The first-order valence-electron chi connectivity index (χ1n) is 4.84. The van der Waals surface area contributed by atoms with Crippen molar-refractivity contribution < 1.29 is 4.43 Å². The summed E-state index contributed by atoms with van der Waals surface area (Å²) in [4.78, 5) is 0. The highest BCUT2D eigenvalue weighted by Crippen LogP contribution is 2.33. The molecule has 0 aliphatic carbocycles. The van der Waals surface area contributed by atoms with E-state index in [1.165, 1.54) is 0 Å². The lowest BCUT2D eigenvalue weighted by atomic mass is 9.99. The van der Waals surface area contributed by atoms with Crippen LogP contribution in [0, 0.1) is 5.92 Å². The maximum atomic E-state index is 5.88. The number of hydrogen-bond acceptors (Lipinski definition) is 2. The zero-order valence-corrected chi connectivity index (χ0v) is 10.1. The van der Waals surface area contributed by atoms with E-state index in [1.807, 2.05) is 0 Å². The molecule has 0 unspecified atom stereocenters. The standard InChI is InChI=1S/C9H21NOSi/c1-7(2)9(3,4)12-11-8-5-10-6-8/h7-8,10H,5-6,12H2,1-4H3. The van der Waals surface area contributed by atoms with Gasteiger partial charge in [0.15, 0.2) is 9.76 Å². The van der Waals surface area contributed by atoms with Crippen molar-refractivity contribution in [1.82, 2.24) is 5.32 Å². The Morgan fingerprint density at radius 3 is 2.33 bits per heavy atom. The van der Waals surface area contributed by atoms with E-state index < -0.39 is 0 Å². The minimum absolute atomic E-state index is 0.355. The van der Waals surface area contributed by atoms with Gasteiger partial charge in [-0.05, 0) is 11.0 Å². The Balaban J connectivity index is 2.19. The van der Waals surface area contributed by atoms with Gasteiger partial charge in [0.25, 0.3) is 0 Å². The van der Waals surface area contributed by atoms with Crippen molar-refractivity contribution in [3.63, 3.8) is 0 Å². The summed E-state index contributed by atoms with van der Waals surface area (Å²) in [7, 11) is -0.355. The van der Waals surface area contributed by atoms with Gasteiger partial charge in [0.1, 0.15) is 0 Å². The molecule has 0 aromatic carbocycles. The summed E-state index contributed by atoms with van der Waals surface area (Å²) in [5, 5.41) is 3.68. The van der Waals surface area contributed by atoms with Crippen LogP contribution in [-0.4, -0.2) is 29.0 Å². The maximum Gasteiger partial charge on any atom is 0.167 e. The largest absolute Gasteiger partial charge is 0.418 e. The van der Waals surface area contributed by atoms with Crippen molar-refractivity contribution in [3.05, 3.63) is 0 Å². The first-order valence-corrected chi connectivity index (χ1v) is 6.13. The van der Waals surface area contributed by atoms with Crippen LogP contribution in [0.25, 0.3) is 0 Å². The molecule has 0 bridgehead atoms. The van der Waals surface area contributed by atoms with Gasteiger partial charge in [0, 0.05) is 13.1 Å². The molecular weight excluding hydrogens is 166 g/mol. The molecule has 1 fully saturated rings. The Morgan fingerprint density at radius 1 is 1.42 bits per heavy atom. The highest BCUT2D eigenvalue weighted by Gasteiger charge is 2.26. The molecule has 12 heavy (non-hydrogen) atoms. The quantitative estimate of drug-likeness (QED) is 0.661. The van der Waals surface area contributed by atoms with Gasteiger partial charge in [-0.1, -0.05) is 27.7 Å². The van der Waals surface area contributed by atoms with Crippen molar-refractivity contribution >= 4 is 9.76 Å². The lowest BCUT2D eigenvalue weighted by Crippen LogP contribution is -2.49. The molecule has 72 valence electrons. The Morgan fingerprint density at radius 2 is 2.00 bits per heavy atom. The Kier molecular flexibility index (Phi) is 3.32. The molecule has 0 amide bonds. The normalized spacial score (nSPS) is 20.8. The lowest BCUT2D eigenvalue weighted by molar-refractivity contribution is 0.139. The van der Waals surface area contributed by atoms with Crippen LogP contribution in [0.5, 0.6) is 0 Å². The van der Waals surface area contributed by atoms with Gasteiger partial charge in [-0.2, -0.15) is 0 Å². The van der Waals surface area contributed by atoms with Gasteiger partial charge in [0.2, 0.25) is 0 Å². The van der Waals surface area contributed by atoms with E-state index in [1.54, 1.807) is 0 Å². The van der Waals surface area contributed by atoms with Crippen LogP contribution in [0.3, 0.4) is 0 Å². The van der Waals surface area contributed by atoms with Crippen LogP contribution >= 0.6 is 0 Å². The average molecular weight is 187 g/mol. The molecule has 1 saturated heterocycles. The molecule has 0 spiro atoms. The molecule has 1 aliphatic rings. The molecule has 1 N–H and O–H groups in total. The Hall–Kier alpha value is 0.137. The fraction of sp³-hybridized carbons (Fsp3) is 1.00. The summed E-state index contributed by atoms with van der Waals surface area (Å²) in [5.41, 5.74) is 0. The average Bonchev–Trinajstić information content (AvgIpc) is 1.83. The second-order valence-corrected chi connectivity index (χ2v) is 7.18. The van der Waals surface area contributed by atoms with Crippen molar-refractivity contribution in [1.29, 1.82) is 0 Å². The molecule has 1 aliphatic heterocycles. The molecule has 0 aromatic rings. The smallest absolute Gasteiger partial charge is 0.167 e. The third kappa shape index (κ3) is 2.57. The molecule has 1 heterocycles. The predicted molar refractivity (Wildman–Crippen MR) is 55.2 cm³/mol. The number of rotatable bonds is 4. The Labute approximate surface area is 78.0 Å². The third-order valence-corrected chi connectivity index (χ3v) is 5.20. The molecule has 0 radical (unpaired) electrons. The van der Waals surface area contributed by atoms with Crippen LogP contribution in [0.1, 0.15) is 27.7 Å². The lowest BCUT2D eigenvalue weighted by Gasteiger charge is -2.34. The van der Waals surface area contributed by atoms with E-state index in [9.17, 15) is 0 Å². The van der Waals surface area contributed by atoms with Gasteiger partial charge in [-0.15, -0.1) is 0 Å². The molecule has 2 nitrogen and oxygen atoms in total. The van der Waals surface area contributed by atoms with Crippen molar-refractivity contribution in [2.24, 2.45) is 5.92 Å². The SMILES string of the molecule is CC(C)C(C)(C)[SiH2]OC1CNC1. The minimum Gasteiger partial charge on any atom is -0.418 e. The summed E-state index contributed by atoms with van der Waals surface area (Å²) in [5.74, 6) is 0.747. The fourth-order valence-corrected chi connectivity index (χ4v) is 2.11. The molecule has 1 rings (SSSR count). The molecule has 0 saturated carbocycles. The van der Waals surface area contributed by atoms with Crippen molar-refractivity contribution in [3.8, 4) is 0 Å². The minimum atomic E-state index is -0.355. The molecule has 0 aromatic heterocycles. The van der Waals surface area contributed by atoms with Gasteiger partial charge in [-0.3, -0.25) is 0 Å². The molecule has 0 atom stereocenters. The van der Waals surface area contributed by atoms with E-state index in [0.717, 1.165) is 19.0 Å². The zero-order valence-electron chi connectivity index (χ0n) is 8.68. The third-order valence-electron chi connectivity index (χ3n) is 3.00. The maximum absolute atomic E-state index is 5.88. The van der Waals surface area contributed by atoms with Gasteiger partial charge < -0.3 is 9.74 Å². The molecular formula is C9H21NOSi. The van der Waals surface area contributed by atoms with E-state index in [0.29, 0.717) is 11.1 Å². The second-order valence-electron chi connectivity index (χ2n) is 4.73. The Bertz CT molecular complexity index is 143. The van der Waals surface area contributed by atoms with E-state index in [4.69, 9.17) is 4.43 Å². The second kappa shape index (κ2) is 3.90. The topological polar surface area (TPSA) is 21.3 Å². The first-order chi connectivity index (χ1) is 5.52. The summed E-state index contributed by atoms with van der Waals surface area (Å²) < 4.78 is 5.88. The van der Waals surface area contributed by atoms with Gasteiger partial charge >= 0.3 is 0 Å². The summed E-state index contributed by atoms with van der Waals surface area (Å²) in [6, 6.07) is 0. The summed E-state index contributed by atoms with van der Waals surface area (Å²) in [6.07, 6.45) is 0.537. The highest BCUT2D eigenvalue weighted by atomic mass is 28.2. The summed E-state index contributed by atoms with van der Waals surface area (Å²) in [6.45, 7) is 11.4. The number of nitrogens with one attached hydrogen (secondary N) is 1. The van der Waals surface area contributed by atoms with E-state index in [2.05, 4.69) is 33.0 Å². The first kappa shape index (κ1) is 10.2. The van der Waals surface area contributed by atoms with E-state index >= 15 is 0 Å². The van der Waals surface area contributed by atoms with Crippen LogP contribution in [0.15, 0.2) is 0 Å². The highest BCUT2D eigenvalue weighted by molar-refractivity contribution is 6.32. The summed E-state index contributed by atoms with van der Waals surface area (Å²) >= 11 is 0. The van der Waals surface area contributed by atoms with Crippen LogP contribution in [-0.2, 0) is 4.43 Å². The zero-order chi connectivity index (χ0) is 9.19. The fourth-order valence-electron chi connectivity index (χ4n) is 0.879. The van der Waals surface area contributed by atoms with Gasteiger partial charge in [-0.25, -0.2) is 0 Å². The number of hydrogen-bond donors (Lipinski definition) is 1. The molecule has 3 heteroatoms. The monoisotopic (exact) mass is 187 g/mol. The van der Waals surface area contributed by atoms with E-state index in [-0.39, 0.29) is 9.76 Å². The van der Waals surface area contributed by atoms with Crippen LogP contribution < -0.4 is 5.32 Å². The van der Waals surface area contributed by atoms with Crippen LogP contribution in [0.4, 0.5) is 0 Å². The van der Waals surface area contributed by atoms with Gasteiger partial charge in [0.05, 0.1) is 6.10 Å². The van der Waals surface area contributed by atoms with Crippen molar-refractivity contribution in [2.45, 2.75) is 38.8 Å².